The number of aryl methyl sites for hydroxylation is 1. The zero-order valence-electron chi connectivity index (χ0n) is 16.1. The predicted molar refractivity (Wildman–Crippen MR) is 119 cm³/mol. The fraction of sp³-hybridized carbons (Fsp3) is 0.632. The van der Waals surface area contributed by atoms with Gasteiger partial charge in [-0.2, -0.15) is 0 Å². The summed E-state index contributed by atoms with van der Waals surface area (Å²) in [5.74, 6) is 0.899. The number of benzene rings is 1. The largest absolute Gasteiger partial charge is 0.370 e. The molecule has 25 heavy (non-hydrogen) atoms. The van der Waals surface area contributed by atoms with Crippen LogP contribution in [0, 0.1) is 6.92 Å². The van der Waals surface area contributed by atoms with E-state index in [1.807, 2.05) is 7.05 Å². The average molecular weight is 459 g/mol. The summed E-state index contributed by atoms with van der Waals surface area (Å²) in [6, 6.07) is 9.32. The standard InChI is InChI=1S/C19H33N5.HI/c1-5-24(17-9-6-8-16(2)14-17)13-11-21-19(20-3)22-15-18-10-7-12-23(18)4;/h6,8-9,14,18H,5,7,10-13,15H2,1-4H3,(H2,20,21,22);1H. The topological polar surface area (TPSA) is 42.9 Å². The molecule has 0 bridgehead atoms. The van der Waals surface area contributed by atoms with E-state index in [1.54, 1.807) is 0 Å². The molecule has 0 radical (unpaired) electrons. The van der Waals surface area contributed by atoms with Gasteiger partial charge in [-0.05, 0) is 58.0 Å². The second-order valence-corrected chi connectivity index (χ2v) is 6.58. The Balaban J connectivity index is 0.00000312. The lowest BCUT2D eigenvalue weighted by atomic mass is 10.2. The van der Waals surface area contributed by atoms with Crippen LogP contribution in [0.3, 0.4) is 0 Å². The number of nitrogens with one attached hydrogen (secondary N) is 2. The number of nitrogens with zero attached hydrogens (tertiary/aromatic N) is 3. The molecule has 0 amide bonds. The van der Waals surface area contributed by atoms with Crippen LogP contribution in [-0.4, -0.2) is 63.7 Å². The Kier molecular flexibility index (Phi) is 10.2. The fourth-order valence-corrected chi connectivity index (χ4v) is 3.28. The minimum Gasteiger partial charge on any atom is -0.370 e. The molecule has 142 valence electrons. The van der Waals surface area contributed by atoms with Gasteiger partial charge in [0.05, 0.1) is 0 Å². The summed E-state index contributed by atoms with van der Waals surface area (Å²) in [4.78, 5) is 9.16. The van der Waals surface area contributed by atoms with E-state index in [4.69, 9.17) is 0 Å². The molecule has 1 aliphatic rings. The number of rotatable bonds is 7. The number of hydrogen-bond acceptors (Lipinski definition) is 3. The maximum Gasteiger partial charge on any atom is 0.191 e. The van der Waals surface area contributed by atoms with Gasteiger partial charge in [-0.3, -0.25) is 4.99 Å². The number of likely N-dealkylation sites (N-methyl/N-ethyl adjacent to an activating group) is 2. The van der Waals surface area contributed by atoms with Crippen molar-refractivity contribution in [1.29, 1.82) is 0 Å². The highest BCUT2D eigenvalue weighted by atomic mass is 127. The fourth-order valence-electron chi connectivity index (χ4n) is 3.28. The van der Waals surface area contributed by atoms with E-state index in [0.717, 1.165) is 32.1 Å². The molecule has 5 nitrogen and oxygen atoms in total. The van der Waals surface area contributed by atoms with Crippen LogP contribution in [-0.2, 0) is 0 Å². The molecule has 0 saturated carbocycles. The number of guanidine groups is 1. The average Bonchev–Trinajstić information content (AvgIpc) is 2.99. The third kappa shape index (κ3) is 7.01. The maximum absolute atomic E-state index is 4.34. The number of halogens is 1. The maximum atomic E-state index is 4.34. The van der Waals surface area contributed by atoms with E-state index in [-0.39, 0.29) is 24.0 Å². The van der Waals surface area contributed by atoms with Gasteiger partial charge in [0.25, 0.3) is 0 Å². The molecular weight excluding hydrogens is 425 g/mol. The van der Waals surface area contributed by atoms with E-state index in [0.29, 0.717) is 6.04 Å². The Morgan fingerprint density at radius 3 is 2.76 bits per heavy atom. The Hall–Kier alpha value is -1.02. The Morgan fingerprint density at radius 2 is 2.16 bits per heavy atom. The van der Waals surface area contributed by atoms with Gasteiger partial charge in [0.1, 0.15) is 0 Å². The SMILES string of the molecule is CCN(CCNC(=NC)NCC1CCCN1C)c1cccc(C)c1.I. The van der Waals surface area contributed by atoms with Gasteiger partial charge in [0.2, 0.25) is 0 Å². The second kappa shape index (κ2) is 11.6. The first-order valence-electron chi connectivity index (χ1n) is 9.10. The predicted octanol–water partition coefficient (Wildman–Crippen LogP) is 2.70. The van der Waals surface area contributed by atoms with E-state index < -0.39 is 0 Å². The van der Waals surface area contributed by atoms with Gasteiger partial charge in [-0.1, -0.05) is 12.1 Å². The van der Waals surface area contributed by atoms with Crippen LogP contribution < -0.4 is 15.5 Å². The van der Waals surface area contributed by atoms with Gasteiger partial charge in [0.15, 0.2) is 5.96 Å². The van der Waals surface area contributed by atoms with Gasteiger partial charge in [-0.15, -0.1) is 24.0 Å². The molecule has 1 atom stereocenters. The molecule has 1 unspecified atom stereocenters. The highest BCUT2D eigenvalue weighted by molar-refractivity contribution is 14.0. The molecule has 1 fully saturated rings. The first-order chi connectivity index (χ1) is 11.6. The summed E-state index contributed by atoms with van der Waals surface area (Å²) in [5, 5.41) is 6.90. The van der Waals surface area contributed by atoms with Crippen molar-refractivity contribution in [2.75, 3.05) is 51.7 Å². The van der Waals surface area contributed by atoms with Crippen LogP contribution in [0.15, 0.2) is 29.3 Å². The van der Waals surface area contributed by atoms with Gasteiger partial charge >= 0.3 is 0 Å². The molecule has 0 aromatic heterocycles. The van der Waals surface area contributed by atoms with Crippen molar-refractivity contribution in [3.8, 4) is 0 Å². The van der Waals surface area contributed by atoms with Gasteiger partial charge < -0.3 is 20.4 Å². The quantitative estimate of drug-likeness (QED) is 0.374. The van der Waals surface area contributed by atoms with Crippen LogP contribution in [0.5, 0.6) is 0 Å². The lowest BCUT2D eigenvalue weighted by Crippen LogP contribution is -2.45. The first kappa shape index (κ1) is 22.0. The van der Waals surface area contributed by atoms with Gasteiger partial charge in [-0.25, -0.2) is 0 Å². The normalized spacial score (nSPS) is 17.9. The highest BCUT2D eigenvalue weighted by Gasteiger charge is 2.20. The first-order valence-corrected chi connectivity index (χ1v) is 9.10. The third-order valence-corrected chi connectivity index (χ3v) is 4.82. The highest BCUT2D eigenvalue weighted by Crippen LogP contribution is 2.15. The van der Waals surface area contributed by atoms with Crippen molar-refractivity contribution in [3.05, 3.63) is 29.8 Å². The molecule has 1 heterocycles. The third-order valence-electron chi connectivity index (χ3n) is 4.82. The lowest BCUT2D eigenvalue weighted by Gasteiger charge is -2.25. The summed E-state index contributed by atoms with van der Waals surface area (Å²) in [6.45, 7) is 9.36. The van der Waals surface area contributed by atoms with Crippen molar-refractivity contribution in [3.63, 3.8) is 0 Å². The molecule has 2 rings (SSSR count). The molecule has 1 saturated heterocycles. The lowest BCUT2D eigenvalue weighted by molar-refractivity contribution is 0.309. The van der Waals surface area contributed by atoms with Crippen LogP contribution in [0.25, 0.3) is 0 Å². The second-order valence-electron chi connectivity index (χ2n) is 6.58. The molecule has 0 aliphatic carbocycles. The van der Waals surface area contributed by atoms with Crippen LogP contribution >= 0.6 is 24.0 Å². The monoisotopic (exact) mass is 459 g/mol. The molecule has 1 aromatic rings. The Morgan fingerprint density at radius 1 is 1.36 bits per heavy atom. The van der Waals surface area contributed by atoms with Crippen molar-refractivity contribution >= 4 is 35.6 Å². The zero-order chi connectivity index (χ0) is 17.4. The van der Waals surface area contributed by atoms with Crippen LogP contribution in [0.2, 0.25) is 0 Å². The Bertz CT molecular complexity index is 534. The molecule has 6 heteroatoms. The minimum absolute atomic E-state index is 0. The van der Waals surface area contributed by atoms with Crippen molar-refractivity contribution in [2.45, 2.75) is 32.7 Å². The number of anilines is 1. The van der Waals surface area contributed by atoms with E-state index in [9.17, 15) is 0 Å². The number of hydrogen-bond donors (Lipinski definition) is 2. The molecule has 1 aromatic carbocycles. The van der Waals surface area contributed by atoms with Crippen LogP contribution in [0.4, 0.5) is 5.69 Å². The van der Waals surface area contributed by atoms with E-state index in [2.05, 4.69) is 70.6 Å². The van der Waals surface area contributed by atoms with E-state index >= 15 is 0 Å². The smallest absolute Gasteiger partial charge is 0.191 e. The van der Waals surface area contributed by atoms with Crippen molar-refractivity contribution < 1.29 is 0 Å². The zero-order valence-corrected chi connectivity index (χ0v) is 18.4. The van der Waals surface area contributed by atoms with E-state index in [1.165, 1.54) is 30.6 Å². The number of aliphatic imine (C=N–C) groups is 1. The summed E-state index contributed by atoms with van der Waals surface area (Å²) in [7, 11) is 4.04. The summed E-state index contributed by atoms with van der Waals surface area (Å²) in [6.07, 6.45) is 2.58. The number of likely N-dealkylation sites (tertiary alicyclic amines) is 1. The summed E-state index contributed by atoms with van der Waals surface area (Å²) in [5.41, 5.74) is 2.59. The van der Waals surface area contributed by atoms with Crippen molar-refractivity contribution in [2.24, 2.45) is 4.99 Å². The van der Waals surface area contributed by atoms with Crippen LogP contribution in [0.1, 0.15) is 25.3 Å². The summed E-state index contributed by atoms with van der Waals surface area (Å²) >= 11 is 0. The molecule has 2 N–H and O–H groups in total. The van der Waals surface area contributed by atoms with Crippen molar-refractivity contribution in [1.82, 2.24) is 15.5 Å². The summed E-state index contributed by atoms with van der Waals surface area (Å²) < 4.78 is 0. The minimum atomic E-state index is 0. The molecular formula is C19H34IN5. The van der Waals surface area contributed by atoms with Gasteiger partial charge in [0, 0.05) is 45.0 Å². The molecule has 1 aliphatic heterocycles. The Labute approximate surface area is 170 Å². The molecule has 0 spiro atoms.